The summed E-state index contributed by atoms with van der Waals surface area (Å²) in [5.41, 5.74) is 1.12. The average molecular weight is 472 g/mol. The number of hydrogen-bond donors (Lipinski definition) is 2. The second-order valence-electron chi connectivity index (χ2n) is 8.29. The molecule has 3 aromatic heterocycles. The predicted molar refractivity (Wildman–Crippen MR) is 122 cm³/mol. The lowest BCUT2D eigenvalue weighted by molar-refractivity contribution is 0.0547. The Hall–Kier alpha value is -3.51. The Balaban J connectivity index is 1.76. The SMILES string of the molecule is Cn1cc(S(=O)(=O)Nc2nc(OCCC(C)(C)O)cc(-c3cccc4cnn(C)c34)n2)cn1. The highest BCUT2D eigenvalue weighted by Crippen LogP contribution is 2.30. The van der Waals surface area contributed by atoms with Gasteiger partial charge in [0, 0.05) is 43.7 Å². The summed E-state index contributed by atoms with van der Waals surface area (Å²) in [6.07, 6.45) is 4.72. The van der Waals surface area contributed by atoms with Gasteiger partial charge in [-0.15, -0.1) is 0 Å². The van der Waals surface area contributed by atoms with Gasteiger partial charge < -0.3 is 9.84 Å². The highest BCUT2D eigenvalue weighted by molar-refractivity contribution is 7.92. The quantitative estimate of drug-likeness (QED) is 0.399. The molecular formula is C21H25N7O4S. The van der Waals surface area contributed by atoms with Crippen LogP contribution in [-0.2, 0) is 24.1 Å². The van der Waals surface area contributed by atoms with E-state index >= 15 is 0 Å². The average Bonchev–Trinajstić information content (AvgIpc) is 3.33. The van der Waals surface area contributed by atoms with Crippen LogP contribution in [0.15, 0.2) is 47.8 Å². The highest BCUT2D eigenvalue weighted by atomic mass is 32.2. The van der Waals surface area contributed by atoms with Crippen LogP contribution in [0.25, 0.3) is 22.2 Å². The molecule has 12 heteroatoms. The molecule has 0 aliphatic heterocycles. The summed E-state index contributed by atoms with van der Waals surface area (Å²) in [6, 6.07) is 7.30. The number of ether oxygens (including phenoxy) is 1. The molecule has 0 atom stereocenters. The van der Waals surface area contributed by atoms with E-state index in [1.54, 1.807) is 37.8 Å². The molecule has 4 rings (SSSR count). The number of aliphatic hydroxyl groups is 1. The van der Waals surface area contributed by atoms with E-state index in [4.69, 9.17) is 4.74 Å². The molecule has 1 aromatic carbocycles. The van der Waals surface area contributed by atoms with Gasteiger partial charge in [0.1, 0.15) is 4.90 Å². The van der Waals surface area contributed by atoms with Crippen LogP contribution in [0.1, 0.15) is 20.3 Å². The Kier molecular flexibility index (Phi) is 5.80. The Morgan fingerprint density at radius 3 is 2.64 bits per heavy atom. The smallest absolute Gasteiger partial charge is 0.267 e. The van der Waals surface area contributed by atoms with Gasteiger partial charge in [0.05, 0.1) is 35.8 Å². The zero-order chi connectivity index (χ0) is 23.8. The van der Waals surface area contributed by atoms with Crippen molar-refractivity contribution in [3.63, 3.8) is 0 Å². The van der Waals surface area contributed by atoms with Gasteiger partial charge in [-0.3, -0.25) is 9.36 Å². The zero-order valence-electron chi connectivity index (χ0n) is 18.7. The predicted octanol–water partition coefficient (Wildman–Crippen LogP) is 2.10. The van der Waals surface area contributed by atoms with Crippen LogP contribution in [0.5, 0.6) is 5.88 Å². The van der Waals surface area contributed by atoms with Crippen molar-refractivity contribution in [1.82, 2.24) is 29.5 Å². The molecule has 0 bridgehead atoms. The minimum atomic E-state index is -3.96. The third-order valence-corrected chi connectivity index (χ3v) is 6.20. The van der Waals surface area contributed by atoms with Crippen LogP contribution in [0.2, 0.25) is 0 Å². The molecule has 0 spiro atoms. The van der Waals surface area contributed by atoms with Gasteiger partial charge in [0.2, 0.25) is 11.8 Å². The summed E-state index contributed by atoms with van der Waals surface area (Å²) < 4.78 is 36.9. The fourth-order valence-corrected chi connectivity index (χ4v) is 4.17. The first-order valence-corrected chi connectivity index (χ1v) is 11.7. The molecule has 0 saturated carbocycles. The lowest BCUT2D eigenvalue weighted by Crippen LogP contribution is -2.22. The molecule has 4 aromatic rings. The summed E-state index contributed by atoms with van der Waals surface area (Å²) in [5, 5.41) is 19.1. The lowest BCUT2D eigenvalue weighted by atomic mass is 10.1. The van der Waals surface area contributed by atoms with Gasteiger partial charge in [-0.2, -0.15) is 15.2 Å². The van der Waals surface area contributed by atoms with E-state index in [-0.39, 0.29) is 23.3 Å². The molecule has 0 saturated heterocycles. The Morgan fingerprint density at radius 2 is 1.94 bits per heavy atom. The molecule has 11 nitrogen and oxygen atoms in total. The maximum absolute atomic E-state index is 12.8. The molecule has 33 heavy (non-hydrogen) atoms. The molecule has 0 unspecified atom stereocenters. The number of benzene rings is 1. The van der Waals surface area contributed by atoms with Crippen LogP contribution < -0.4 is 9.46 Å². The summed E-state index contributed by atoms with van der Waals surface area (Å²) in [7, 11) is -0.520. The number of anilines is 1. The minimum absolute atomic E-state index is 0.0164. The zero-order valence-corrected chi connectivity index (χ0v) is 19.5. The van der Waals surface area contributed by atoms with Gasteiger partial charge in [0.25, 0.3) is 10.0 Å². The van der Waals surface area contributed by atoms with Gasteiger partial charge in [0.15, 0.2) is 0 Å². The highest BCUT2D eigenvalue weighted by Gasteiger charge is 2.20. The van der Waals surface area contributed by atoms with E-state index in [0.717, 1.165) is 16.5 Å². The number of rotatable bonds is 8. The van der Waals surface area contributed by atoms with Crippen molar-refractivity contribution in [1.29, 1.82) is 0 Å². The molecule has 0 aliphatic rings. The first kappa shape index (κ1) is 22.7. The number of aryl methyl sites for hydroxylation is 2. The van der Waals surface area contributed by atoms with E-state index in [2.05, 4.69) is 24.9 Å². The standard InChI is InChI=1S/C21H25N7O4S/c1-21(2,29)8-9-32-18-10-17(16-7-5-6-14-11-23-28(4)19(14)16)24-20(25-18)26-33(30,31)15-12-22-27(3)13-15/h5-7,10-13,29H,8-9H2,1-4H3,(H,24,25,26). The molecule has 174 valence electrons. The first-order chi connectivity index (χ1) is 15.5. The fraction of sp³-hybridized carbons (Fsp3) is 0.333. The summed E-state index contributed by atoms with van der Waals surface area (Å²) in [5.74, 6) is 0.0288. The Morgan fingerprint density at radius 1 is 1.15 bits per heavy atom. The largest absolute Gasteiger partial charge is 0.477 e. The maximum Gasteiger partial charge on any atom is 0.267 e. The van der Waals surface area contributed by atoms with E-state index in [1.807, 2.05) is 25.2 Å². The van der Waals surface area contributed by atoms with Crippen LogP contribution >= 0.6 is 0 Å². The topological polar surface area (TPSA) is 137 Å². The van der Waals surface area contributed by atoms with Crippen molar-refractivity contribution < 1.29 is 18.3 Å². The number of para-hydroxylation sites is 1. The fourth-order valence-electron chi connectivity index (χ4n) is 3.24. The van der Waals surface area contributed by atoms with Crippen LogP contribution in [0.4, 0.5) is 5.95 Å². The van der Waals surface area contributed by atoms with E-state index in [1.165, 1.54) is 17.1 Å². The summed E-state index contributed by atoms with van der Waals surface area (Å²) in [6.45, 7) is 3.54. The molecule has 0 amide bonds. The minimum Gasteiger partial charge on any atom is -0.477 e. The number of aromatic nitrogens is 6. The van der Waals surface area contributed by atoms with Crippen molar-refractivity contribution >= 4 is 26.9 Å². The molecule has 3 heterocycles. The van der Waals surface area contributed by atoms with Crippen LogP contribution in [0.3, 0.4) is 0 Å². The van der Waals surface area contributed by atoms with Crippen molar-refractivity contribution in [3.8, 4) is 17.1 Å². The number of nitrogens with zero attached hydrogens (tertiary/aromatic N) is 6. The number of hydrogen-bond acceptors (Lipinski definition) is 8. The van der Waals surface area contributed by atoms with Crippen LogP contribution in [-0.4, -0.2) is 55.3 Å². The van der Waals surface area contributed by atoms with Crippen molar-refractivity contribution in [2.75, 3.05) is 11.3 Å². The maximum atomic E-state index is 12.8. The molecule has 0 aliphatic carbocycles. The van der Waals surface area contributed by atoms with Crippen molar-refractivity contribution in [2.45, 2.75) is 30.8 Å². The monoisotopic (exact) mass is 471 g/mol. The Labute approximate surface area is 191 Å². The third kappa shape index (κ3) is 5.12. The first-order valence-electron chi connectivity index (χ1n) is 10.2. The second kappa shape index (κ2) is 8.45. The van der Waals surface area contributed by atoms with E-state index in [0.29, 0.717) is 12.1 Å². The summed E-state index contributed by atoms with van der Waals surface area (Å²) >= 11 is 0. The van der Waals surface area contributed by atoms with Crippen molar-refractivity contribution in [2.24, 2.45) is 14.1 Å². The number of fused-ring (bicyclic) bond motifs is 1. The van der Waals surface area contributed by atoms with Gasteiger partial charge in [-0.25, -0.2) is 18.1 Å². The third-order valence-electron chi connectivity index (χ3n) is 4.92. The second-order valence-corrected chi connectivity index (χ2v) is 9.98. The van der Waals surface area contributed by atoms with Gasteiger partial charge >= 0.3 is 0 Å². The number of sulfonamides is 1. The van der Waals surface area contributed by atoms with Gasteiger partial charge in [-0.05, 0) is 13.8 Å². The van der Waals surface area contributed by atoms with E-state index in [9.17, 15) is 13.5 Å². The van der Waals surface area contributed by atoms with Crippen molar-refractivity contribution in [3.05, 3.63) is 42.9 Å². The number of nitrogens with one attached hydrogen (secondary N) is 1. The van der Waals surface area contributed by atoms with E-state index < -0.39 is 15.6 Å². The van der Waals surface area contributed by atoms with Crippen LogP contribution in [0, 0.1) is 0 Å². The molecule has 0 radical (unpaired) electrons. The lowest BCUT2D eigenvalue weighted by Gasteiger charge is -2.17. The normalized spacial score (nSPS) is 12.3. The Bertz CT molecular complexity index is 1400. The summed E-state index contributed by atoms with van der Waals surface area (Å²) in [4.78, 5) is 8.66. The molecule has 0 fully saturated rings. The van der Waals surface area contributed by atoms with Gasteiger partial charge in [-0.1, -0.05) is 18.2 Å². The molecular weight excluding hydrogens is 446 g/mol. The molecule has 2 N–H and O–H groups in total.